The molecule has 0 aromatic heterocycles. The molecule has 0 spiro atoms. The van der Waals surface area contributed by atoms with Crippen LogP contribution in [0.25, 0.3) is 0 Å². The number of carbonyl (C=O) groups excluding carboxylic acids is 3. The third-order valence-corrected chi connectivity index (χ3v) is 5.65. The average molecular weight is 419 g/mol. The minimum atomic E-state index is -1.00. The summed E-state index contributed by atoms with van der Waals surface area (Å²) in [5.74, 6) is -1.37. The zero-order valence-electron chi connectivity index (χ0n) is 16.3. The molecule has 0 saturated carbocycles. The van der Waals surface area contributed by atoms with Gasteiger partial charge in [0.05, 0.1) is 11.1 Å². The van der Waals surface area contributed by atoms with Gasteiger partial charge in [-0.05, 0) is 42.3 Å². The highest BCUT2D eigenvalue weighted by molar-refractivity contribution is 6.31. The van der Waals surface area contributed by atoms with Crippen molar-refractivity contribution in [1.29, 1.82) is 0 Å². The summed E-state index contributed by atoms with van der Waals surface area (Å²) < 4.78 is 0. The van der Waals surface area contributed by atoms with Crippen molar-refractivity contribution in [2.45, 2.75) is 19.4 Å². The topological polar surface area (TPSA) is 66.5 Å². The molecule has 4 rings (SSSR count). The molecular weight excluding hydrogens is 400 g/mol. The maximum absolute atomic E-state index is 13.3. The number of anilines is 1. The fourth-order valence-electron chi connectivity index (χ4n) is 3.59. The summed E-state index contributed by atoms with van der Waals surface area (Å²) in [6, 6.07) is 20.1. The van der Waals surface area contributed by atoms with Gasteiger partial charge in [-0.15, -0.1) is 0 Å². The van der Waals surface area contributed by atoms with E-state index >= 15 is 0 Å². The Labute approximate surface area is 179 Å². The second-order valence-corrected chi connectivity index (χ2v) is 7.54. The first-order valence-electron chi connectivity index (χ1n) is 9.54. The van der Waals surface area contributed by atoms with E-state index in [1.54, 1.807) is 49.4 Å². The summed E-state index contributed by atoms with van der Waals surface area (Å²) in [7, 11) is 0. The summed E-state index contributed by atoms with van der Waals surface area (Å²) in [6.07, 6.45) is 0.206. The first-order valence-corrected chi connectivity index (χ1v) is 9.92. The SMILES string of the molecule is Cc1c(Cl)cccc1NC(=O)[C@@H](Cc1ccccc1)N1C(=O)c2ccccc2C1=O. The number of halogens is 1. The van der Waals surface area contributed by atoms with Crippen molar-refractivity contribution < 1.29 is 14.4 Å². The first-order chi connectivity index (χ1) is 14.5. The molecule has 0 bridgehead atoms. The normalized spacial score (nSPS) is 13.9. The van der Waals surface area contributed by atoms with Gasteiger partial charge in [0.25, 0.3) is 11.8 Å². The van der Waals surface area contributed by atoms with E-state index in [1.807, 2.05) is 30.3 Å². The van der Waals surface area contributed by atoms with E-state index in [-0.39, 0.29) is 6.42 Å². The van der Waals surface area contributed by atoms with Crippen molar-refractivity contribution in [3.63, 3.8) is 0 Å². The van der Waals surface area contributed by atoms with Gasteiger partial charge in [0.15, 0.2) is 0 Å². The predicted octanol–water partition coefficient (Wildman–Crippen LogP) is 4.49. The molecule has 1 heterocycles. The Morgan fingerprint density at radius 1 is 0.900 bits per heavy atom. The molecule has 0 unspecified atom stereocenters. The van der Waals surface area contributed by atoms with Gasteiger partial charge in [0.1, 0.15) is 6.04 Å². The van der Waals surface area contributed by atoms with Crippen molar-refractivity contribution in [1.82, 2.24) is 4.90 Å². The molecule has 150 valence electrons. The van der Waals surface area contributed by atoms with Crippen LogP contribution >= 0.6 is 11.6 Å². The van der Waals surface area contributed by atoms with Gasteiger partial charge in [-0.3, -0.25) is 19.3 Å². The number of nitrogens with zero attached hydrogens (tertiary/aromatic N) is 1. The zero-order chi connectivity index (χ0) is 21.3. The summed E-state index contributed by atoms with van der Waals surface area (Å²) in [5.41, 5.74) is 2.73. The van der Waals surface area contributed by atoms with Crippen LogP contribution in [0.5, 0.6) is 0 Å². The fraction of sp³-hybridized carbons (Fsp3) is 0.125. The molecule has 1 aliphatic heterocycles. The Kier molecular flexibility index (Phi) is 5.38. The van der Waals surface area contributed by atoms with E-state index in [9.17, 15) is 14.4 Å². The molecule has 3 aromatic rings. The highest BCUT2D eigenvalue weighted by Crippen LogP contribution is 2.28. The third kappa shape index (κ3) is 3.60. The van der Waals surface area contributed by atoms with Gasteiger partial charge in [-0.1, -0.05) is 60.1 Å². The van der Waals surface area contributed by atoms with E-state index < -0.39 is 23.8 Å². The molecule has 1 N–H and O–H groups in total. The second-order valence-electron chi connectivity index (χ2n) is 7.13. The van der Waals surface area contributed by atoms with Crippen LogP contribution in [0.3, 0.4) is 0 Å². The number of carbonyl (C=O) groups is 3. The quantitative estimate of drug-likeness (QED) is 0.620. The Morgan fingerprint density at radius 3 is 2.13 bits per heavy atom. The van der Waals surface area contributed by atoms with Crippen LogP contribution in [-0.4, -0.2) is 28.7 Å². The number of fused-ring (bicyclic) bond motifs is 1. The lowest BCUT2D eigenvalue weighted by molar-refractivity contribution is -0.119. The van der Waals surface area contributed by atoms with Gasteiger partial charge in [-0.25, -0.2) is 0 Å². The lowest BCUT2D eigenvalue weighted by Gasteiger charge is -2.26. The number of amides is 3. The van der Waals surface area contributed by atoms with Crippen LogP contribution in [0.2, 0.25) is 5.02 Å². The maximum Gasteiger partial charge on any atom is 0.262 e. The Morgan fingerprint density at radius 2 is 1.50 bits per heavy atom. The largest absolute Gasteiger partial charge is 0.324 e. The third-order valence-electron chi connectivity index (χ3n) is 5.24. The fourth-order valence-corrected chi connectivity index (χ4v) is 3.76. The monoisotopic (exact) mass is 418 g/mol. The second kappa shape index (κ2) is 8.13. The molecule has 1 atom stereocenters. The van der Waals surface area contributed by atoms with Crippen LogP contribution in [0, 0.1) is 6.92 Å². The molecule has 1 aliphatic rings. The number of imide groups is 1. The Hall–Kier alpha value is -3.44. The summed E-state index contributed by atoms with van der Waals surface area (Å²) in [5, 5.41) is 3.37. The average Bonchev–Trinajstić information content (AvgIpc) is 3.01. The summed E-state index contributed by atoms with van der Waals surface area (Å²) >= 11 is 6.17. The molecule has 0 saturated heterocycles. The zero-order valence-corrected chi connectivity index (χ0v) is 17.0. The van der Waals surface area contributed by atoms with Crippen molar-refractivity contribution in [3.05, 3.63) is 100 Å². The standard InChI is InChI=1S/C24H19ClN2O3/c1-15-19(25)12-7-13-20(15)26-22(28)21(14-16-8-3-2-4-9-16)27-23(29)17-10-5-6-11-18(17)24(27)30/h2-13,21H,14H2,1H3,(H,26,28)/t21-/m1/s1. The lowest BCUT2D eigenvalue weighted by Crippen LogP contribution is -2.48. The first kappa shape index (κ1) is 19.9. The van der Waals surface area contributed by atoms with Crippen LogP contribution in [0.4, 0.5) is 5.69 Å². The molecule has 30 heavy (non-hydrogen) atoms. The number of nitrogens with one attached hydrogen (secondary N) is 1. The van der Waals surface area contributed by atoms with Gasteiger partial charge >= 0.3 is 0 Å². The van der Waals surface area contributed by atoms with Gasteiger partial charge in [0.2, 0.25) is 5.91 Å². The minimum Gasteiger partial charge on any atom is -0.324 e. The molecule has 0 fully saturated rings. The Balaban J connectivity index is 1.70. The highest BCUT2D eigenvalue weighted by Gasteiger charge is 2.42. The van der Waals surface area contributed by atoms with E-state index in [0.717, 1.165) is 10.5 Å². The molecule has 3 amide bonds. The molecule has 3 aromatic carbocycles. The predicted molar refractivity (Wildman–Crippen MR) is 116 cm³/mol. The van der Waals surface area contributed by atoms with Crippen LogP contribution < -0.4 is 5.32 Å². The number of hydrogen-bond donors (Lipinski definition) is 1. The van der Waals surface area contributed by atoms with Crippen molar-refractivity contribution in [2.24, 2.45) is 0 Å². The molecule has 5 nitrogen and oxygen atoms in total. The van der Waals surface area contributed by atoms with E-state index in [1.165, 1.54) is 0 Å². The van der Waals surface area contributed by atoms with Crippen molar-refractivity contribution in [2.75, 3.05) is 5.32 Å². The van der Waals surface area contributed by atoms with Crippen LogP contribution in [0.15, 0.2) is 72.8 Å². The number of hydrogen-bond acceptors (Lipinski definition) is 3. The summed E-state index contributed by atoms with van der Waals surface area (Å²) in [6.45, 7) is 1.80. The molecule has 6 heteroatoms. The van der Waals surface area contributed by atoms with Crippen molar-refractivity contribution >= 4 is 35.0 Å². The van der Waals surface area contributed by atoms with Gasteiger partial charge in [-0.2, -0.15) is 0 Å². The number of rotatable bonds is 5. The van der Waals surface area contributed by atoms with E-state index in [2.05, 4.69) is 5.32 Å². The van der Waals surface area contributed by atoms with Crippen molar-refractivity contribution in [3.8, 4) is 0 Å². The number of benzene rings is 3. The van der Waals surface area contributed by atoms with Crippen LogP contribution in [0.1, 0.15) is 31.8 Å². The van der Waals surface area contributed by atoms with Gasteiger partial charge in [0, 0.05) is 17.1 Å². The highest BCUT2D eigenvalue weighted by atomic mass is 35.5. The smallest absolute Gasteiger partial charge is 0.262 e. The van der Waals surface area contributed by atoms with Gasteiger partial charge < -0.3 is 5.32 Å². The minimum absolute atomic E-state index is 0.206. The van der Waals surface area contributed by atoms with E-state index in [0.29, 0.717) is 27.4 Å². The molecular formula is C24H19ClN2O3. The lowest BCUT2D eigenvalue weighted by atomic mass is 10.0. The summed E-state index contributed by atoms with van der Waals surface area (Å²) in [4.78, 5) is 40.4. The van der Waals surface area contributed by atoms with E-state index in [4.69, 9.17) is 11.6 Å². The maximum atomic E-state index is 13.3. The molecule has 0 aliphatic carbocycles. The van der Waals surface area contributed by atoms with Crippen LogP contribution in [-0.2, 0) is 11.2 Å². The molecule has 0 radical (unpaired) electrons. The Bertz CT molecular complexity index is 1110.